The second-order valence-corrected chi connectivity index (χ2v) is 5.98. The lowest BCUT2D eigenvalue weighted by Crippen LogP contribution is -2.19. The fourth-order valence-corrected chi connectivity index (χ4v) is 2.87. The standard InChI is InChI=1S/C17H17ClN4O2/c1-10(16-11(2)21-24-12(16)3)17(23)20-13-8-19-22(9-13)15-7-5-4-6-14(15)18/h4-10H,1-3H3,(H,20,23)/t10-/m0/s1. The Morgan fingerprint density at radius 2 is 2.08 bits per heavy atom. The molecule has 0 aliphatic rings. The highest BCUT2D eigenvalue weighted by Gasteiger charge is 2.23. The van der Waals surface area contributed by atoms with E-state index in [9.17, 15) is 4.79 Å². The summed E-state index contributed by atoms with van der Waals surface area (Å²) < 4.78 is 6.75. The van der Waals surface area contributed by atoms with Crippen LogP contribution in [0.1, 0.15) is 29.9 Å². The zero-order valence-corrected chi connectivity index (χ0v) is 14.3. The van der Waals surface area contributed by atoms with Gasteiger partial charge >= 0.3 is 0 Å². The van der Waals surface area contributed by atoms with E-state index in [-0.39, 0.29) is 11.8 Å². The van der Waals surface area contributed by atoms with Gasteiger partial charge in [-0.3, -0.25) is 4.79 Å². The van der Waals surface area contributed by atoms with Crippen molar-refractivity contribution in [1.29, 1.82) is 0 Å². The van der Waals surface area contributed by atoms with Crippen molar-refractivity contribution in [2.75, 3.05) is 5.32 Å². The molecule has 6 nitrogen and oxygen atoms in total. The molecule has 0 aliphatic carbocycles. The van der Waals surface area contributed by atoms with Crippen LogP contribution in [0.2, 0.25) is 5.02 Å². The van der Waals surface area contributed by atoms with E-state index in [1.807, 2.05) is 32.0 Å². The summed E-state index contributed by atoms with van der Waals surface area (Å²) in [7, 11) is 0. The number of rotatable bonds is 4. The molecule has 0 saturated carbocycles. The van der Waals surface area contributed by atoms with Gasteiger partial charge in [-0.05, 0) is 32.9 Å². The third-order valence-electron chi connectivity index (χ3n) is 3.86. The molecule has 2 heterocycles. The first-order valence-electron chi connectivity index (χ1n) is 7.50. The molecule has 0 spiro atoms. The molecule has 1 amide bonds. The third-order valence-corrected chi connectivity index (χ3v) is 4.18. The number of nitrogens with one attached hydrogen (secondary N) is 1. The van der Waals surface area contributed by atoms with Gasteiger partial charge in [-0.25, -0.2) is 4.68 Å². The third kappa shape index (κ3) is 3.05. The van der Waals surface area contributed by atoms with Gasteiger partial charge in [0.25, 0.3) is 0 Å². The van der Waals surface area contributed by atoms with E-state index in [2.05, 4.69) is 15.6 Å². The Kier molecular flexibility index (Phi) is 4.40. The van der Waals surface area contributed by atoms with Gasteiger partial charge in [0.05, 0.1) is 40.4 Å². The topological polar surface area (TPSA) is 73.0 Å². The highest BCUT2D eigenvalue weighted by atomic mass is 35.5. The SMILES string of the molecule is Cc1noc(C)c1[C@H](C)C(=O)Nc1cnn(-c2ccccc2Cl)c1. The summed E-state index contributed by atoms with van der Waals surface area (Å²) in [6.07, 6.45) is 3.31. The lowest BCUT2D eigenvalue weighted by Gasteiger charge is -2.10. The molecule has 1 N–H and O–H groups in total. The van der Waals surface area contributed by atoms with Gasteiger partial charge in [-0.1, -0.05) is 28.9 Å². The second-order valence-electron chi connectivity index (χ2n) is 5.57. The number of amides is 1. The lowest BCUT2D eigenvalue weighted by molar-refractivity contribution is -0.117. The maximum Gasteiger partial charge on any atom is 0.231 e. The smallest absolute Gasteiger partial charge is 0.231 e. The van der Waals surface area contributed by atoms with Gasteiger partial charge in [-0.2, -0.15) is 5.10 Å². The maximum absolute atomic E-state index is 12.5. The zero-order valence-electron chi connectivity index (χ0n) is 13.6. The van der Waals surface area contributed by atoms with Crippen LogP contribution in [0, 0.1) is 13.8 Å². The van der Waals surface area contributed by atoms with Crippen LogP contribution in [0.3, 0.4) is 0 Å². The minimum atomic E-state index is -0.375. The number of para-hydroxylation sites is 1. The number of hydrogen-bond acceptors (Lipinski definition) is 4. The van der Waals surface area contributed by atoms with Crippen molar-refractivity contribution >= 4 is 23.2 Å². The Hall–Kier alpha value is -2.60. The summed E-state index contributed by atoms with van der Waals surface area (Å²) in [5.41, 5.74) is 2.88. The van der Waals surface area contributed by atoms with Crippen LogP contribution in [0.15, 0.2) is 41.2 Å². The predicted octanol–water partition coefficient (Wildman–Crippen LogP) is 3.87. The molecule has 7 heteroatoms. The fraction of sp³-hybridized carbons (Fsp3) is 0.235. The Bertz CT molecular complexity index is 865. The molecule has 3 rings (SSSR count). The van der Waals surface area contributed by atoms with Crippen molar-refractivity contribution in [3.05, 3.63) is 58.7 Å². The normalized spacial score (nSPS) is 12.2. The minimum Gasteiger partial charge on any atom is -0.361 e. The number of halogens is 1. The molecular formula is C17H17ClN4O2. The van der Waals surface area contributed by atoms with Crippen molar-refractivity contribution in [2.45, 2.75) is 26.7 Å². The van der Waals surface area contributed by atoms with Crippen molar-refractivity contribution < 1.29 is 9.32 Å². The van der Waals surface area contributed by atoms with Crippen LogP contribution >= 0.6 is 11.6 Å². The Morgan fingerprint density at radius 3 is 2.75 bits per heavy atom. The average Bonchev–Trinajstić information content (AvgIpc) is 3.14. The number of aryl methyl sites for hydroxylation is 2. The van der Waals surface area contributed by atoms with E-state index >= 15 is 0 Å². The lowest BCUT2D eigenvalue weighted by atomic mass is 9.99. The largest absolute Gasteiger partial charge is 0.361 e. The van der Waals surface area contributed by atoms with Crippen LogP contribution in [0.25, 0.3) is 5.69 Å². The van der Waals surface area contributed by atoms with Gasteiger partial charge in [0.1, 0.15) is 5.76 Å². The van der Waals surface area contributed by atoms with Crippen molar-refractivity contribution in [3.8, 4) is 5.69 Å². The molecule has 1 atom stereocenters. The van der Waals surface area contributed by atoms with Gasteiger partial charge in [-0.15, -0.1) is 0 Å². The molecule has 3 aromatic rings. The molecule has 0 aliphatic heterocycles. The second kappa shape index (κ2) is 6.49. The van der Waals surface area contributed by atoms with Crippen LogP contribution < -0.4 is 5.32 Å². The molecular weight excluding hydrogens is 328 g/mol. The number of anilines is 1. The fourth-order valence-electron chi connectivity index (χ4n) is 2.65. The minimum absolute atomic E-state index is 0.150. The van der Waals surface area contributed by atoms with E-state index in [0.29, 0.717) is 16.5 Å². The van der Waals surface area contributed by atoms with E-state index in [1.165, 1.54) is 0 Å². The van der Waals surface area contributed by atoms with Gasteiger partial charge in [0.2, 0.25) is 5.91 Å². The molecule has 2 aromatic heterocycles. The first kappa shape index (κ1) is 16.3. The molecule has 0 fully saturated rings. The van der Waals surface area contributed by atoms with Crippen LogP contribution in [-0.4, -0.2) is 20.8 Å². The average molecular weight is 345 g/mol. The van der Waals surface area contributed by atoms with Crippen LogP contribution in [0.4, 0.5) is 5.69 Å². The quantitative estimate of drug-likeness (QED) is 0.779. The molecule has 0 saturated heterocycles. The zero-order chi connectivity index (χ0) is 17.3. The first-order chi connectivity index (χ1) is 11.5. The maximum atomic E-state index is 12.5. The number of carbonyl (C=O) groups is 1. The van der Waals surface area contributed by atoms with Gasteiger partial charge in [0, 0.05) is 5.56 Å². The molecule has 0 unspecified atom stereocenters. The Balaban J connectivity index is 1.78. The Morgan fingerprint density at radius 1 is 1.33 bits per heavy atom. The monoisotopic (exact) mass is 344 g/mol. The summed E-state index contributed by atoms with van der Waals surface area (Å²) in [6, 6.07) is 7.37. The number of benzene rings is 1. The summed E-state index contributed by atoms with van der Waals surface area (Å²) >= 11 is 6.16. The molecule has 1 aromatic carbocycles. The molecule has 0 bridgehead atoms. The summed E-state index contributed by atoms with van der Waals surface area (Å²) in [5, 5.41) is 11.6. The van der Waals surface area contributed by atoms with Gasteiger partial charge < -0.3 is 9.84 Å². The predicted molar refractivity (Wildman–Crippen MR) is 91.6 cm³/mol. The molecule has 124 valence electrons. The van der Waals surface area contributed by atoms with E-state index in [4.69, 9.17) is 16.1 Å². The van der Waals surface area contributed by atoms with Gasteiger partial charge in [0.15, 0.2) is 0 Å². The Labute approximate surface area is 144 Å². The number of nitrogens with zero attached hydrogens (tertiary/aromatic N) is 3. The molecule has 0 radical (unpaired) electrons. The van der Waals surface area contributed by atoms with E-state index in [0.717, 1.165) is 16.9 Å². The van der Waals surface area contributed by atoms with Crippen LogP contribution in [-0.2, 0) is 4.79 Å². The first-order valence-corrected chi connectivity index (χ1v) is 7.88. The van der Waals surface area contributed by atoms with E-state index < -0.39 is 0 Å². The summed E-state index contributed by atoms with van der Waals surface area (Å²) in [5.74, 6) is 0.130. The van der Waals surface area contributed by atoms with Crippen molar-refractivity contribution in [1.82, 2.24) is 14.9 Å². The number of aromatic nitrogens is 3. The van der Waals surface area contributed by atoms with Crippen molar-refractivity contribution in [3.63, 3.8) is 0 Å². The highest BCUT2D eigenvalue weighted by Crippen LogP contribution is 2.25. The number of hydrogen-bond donors (Lipinski definition) is 1. The number of carbonyl (C=O) groups excluding carboxylic acids is 1. The molecule has 24 heavy (non-hydrogen) atoms. The summed E-state index contributed by atoms with van der Waals surface area (Å²) in [6.45, 7) is 5.44. The van der Waals surface area contributed by atoms with Crippen molar-refractivity contribution in [2.24, 2.45) is 0 Å². The van der Waals surface area contributed by atoms with E-state index in [1.54, 1.807) is 30.1 Å². The summed E-state index contributed by atoms with van der Waals surface area (Å²) in [4.78, 5) is 12.5. The highest BCUT2D eigenvalue weighted by molar-refractivity contribution is 6.32. The van der Waals surface area contributed by atoms with Crippen LogP contribution in [0.5, 0.6) is 0 Å².